The summed E-state index contributed by atoms with van der Waals surface area (Å²) in [7, 11) is -5.08. The Morgan fingerprint density at radius 1 is 0.674 bits per heavy atom. The van der Waals surface area contributed by atoms with Gasteiger partial charge in [0.05, 0.1) is 17.7 Å². The van der Waals surface area contributed by atoms with Crippen molar-refractivity contribution < 1.29 is 12.8 Å². The van der Waals surface area contributed by atoms with Crippen molar-refractivity contribution in [3.8, 4) is 33.9 Å². The quantitative estimate of drug-likeness (QED) is 0.175. The second-order valence-corrected chi connectivity index (χ2v) is 14.0. The molecule has 43 heavy (non-hydrogen) atoms. The van der Waals surface area contributed by atoms with E-state index in [-0.39, 0.29) is 5.09 Å². The van der Waals surface area contributed by atoms with Gasteiger partial charge in [0.25, 0.3) is 0 Å². The highest BCUT2D eigenvalue weighted by atomic mass is 32.2. The van der Waals surface area contributed by atoms with Crippen molar-refractivity contribution in [2.24, 2.45) is 0 Å². The predicted molar refractivity (Wildman–Crippen MR) is 176 cm³/mol. The van der Waals surface area contributed by atoms with Crippen molar-refractivity contribution >= 4 is 39.3 Å². The molecule has 0 saturated heterocycles. The van der Waals surface area contributed by atoms with Gasteiger partial charge in [-0.3, -0.25) is 0 Å². The van der Waals surface area contributed by atoms with Gasteiger partial charge >= 0.3 is 10.0 Å². The molecule has 0 N–H and O–H groups in total. The van der Waals surface area contributed by atoms with Crippen LogP contribution in [0.3, 0.4) is 0 Å². The van der Waals surface area contributed by atoms with Crippen LogP contribution in [-0.2, 0) is 10.0 Å². The van der Waals surface area contributed by atoms with Crippen LogP contribution in [0.5, 0.6) is 0 Å². The summed E-state index contributed by atoms with van der Waals surface area (Å²) in [6.07, 6.45) is 1.38. The summed E-state index contributed by atoms with van der Waals surface area (Å²) in [4.78, 5) is 5.24. The summed E-state index contributed by atoms with van der Waals surface area (Å²) in [5, 5.41) is 4.02. The summed E-state index contributed by atoms with van der Waals surface area (Å²) in [6, 6.07) is 45.0. The minimum Gasteiger partial charge on any atom is -0.451 e. The maximum Gasteiger partial charge on any atom is 0.303 e. The number of imidazole rings is 1. The van der Waals surface area contributed by atoms with E-state index in [1.807, 2.05) is 103 Å². The number of aromatic nitrogens is 2. The molecule has 0 saturated carbocycles. The molecule has 0 aliphatic heterocycles. The number of furan rings is 1. The lowest BCUT2D eigenvalue weighted by Crippen LogP contribution is -2.19. The Morgan fingerprint density at radius 3 is 1.98 bits per heavy atom. The van der Waals surface area contributed by atoms with Crippen molar-refractivity contribution in [3.05, 3.63) is 146 Å². The molecule has 1 unspecified atom stereocenters. The first kappa shape index (κ1) is 27.1. The summed E-state index contributed by atoms with van der Waals surface area (Å²) in [5.41, 5.74) is 3.41. The van der Waals surface area contributed by atoms with Gasteiger partial charge in [0.1, 0.15) is 0 Å². The lowest BCUT2D eigenvalue weighted by atomic mass is 10.0. The third-order valence-corrected chi connectivity index (χ3v) is 11.3. The number of hydrogen-bond acceptors (Lipinski definition) is 4. The van der Waals surface area contributed by atoms with E-state index in [9.17, 15) is 8.42 Å². The highest BCUT2D eigenvalue weighted by Gasteiger charge is 2.33. The zero-order valence-corrected chi connectivity index (χ0v) is 25.0. The van der Waals surface area contributed by atoms with Crippen LogP contribution in [0.2, 0.25) is 0 Å². The summed E-state index contributed by atoms with van der Waals surface area (Å²) in [5.74, 6) is 0.353. The number of hydrogen-bond donors (Lipinski definition) is 0. The number of benzene rings is 5. The van der Waals surface area contributed by atoms with Gasteiger partial charge in [-0.2, -0.15) is 8.42 Å². The Labute approximate surface area is 251 Å². The Hall–Kier alpha value is -4.77. The smallest absolute Gasteiger partial charge is 0.303 e. The molecule has 5 aromatic carbocycles. The van der Waals surface area contributed by atoms with Crippen molar-refractivity contribution in [1.29, 1.82) is 0 Å². The summed E-state index contributed by atoms with van der Waals surface area (Å²) < 4.78 is 36.2. The lowest BCUT2D eigenvalue weighted by Gasteiger charge is -2.20. The first-order valence-corrected chi connectivity index (χ1v) is 17.1. The van der Waals surface area contributed by atoms with Crippen LogP contribution in [0, 0.1) is 0 Å². The molecule has 0 fully saturated rings. The maximum absolute atomic E-state index is 14.6. The minimum absolute atomic E-state index is 0.147. The number of nitrogens with zero attached hydrogens (tertiary/aromatic N) is 2. The van der Waals surface area contributed by atoms with Crippen molar-refractivity contribution in [3.63, 3.8) is 0 Å². The van der Waals surface area contributed by atoms with E-state index >= 15 is 0 Å². The van der Waals surface area contributed by atoms with Crippen LogP contribution in [0.4, 0.5) is 0 Å². The Kier molecular flexibility index (Phi) is 7.02. The molecule has 0 spiro atoms. The second kappa shape index (κ2) is 11.1. The van der Waals surface area contributed by atoms with E-state index in [4.69, 9.17) is 9.40 Å². The summed E-state index contributed by atoms with van der Waals surface area (Å²) >= 11 is 0. The molecule has 0 radical (unpaired) electrons. The summed E-state index contributed by atoms with van der Waals surface area (Å²) in [6.45, 7) is 2.21. The van der Waals surface area contributed by atoms with Crippen molar-refractivity contribution in [1.82, 2.24) is 8.96 Å². The Morgan fingerprint density at radius 2 is 1.30 bits per heavy atom. The Balaban J connectivity index is 1.65. The largest absolute Gasteiger partial charge is 0.451 e. The molecule has 5 nitrogen and oxygen atoms in total. The standard InChI is InChI=1S/C36H27N2O3PS/c1-42(29-19-9-4-10-20-29)31-24-23-26-14-11-12-21-30(26)33(31)36-37-34(27-15-5-2-6-16-27)35(28-17-7-3-8-18-28)38(36)43(39,40)32-22-13-25-41-32/h2-25H,1H3. The van der Waals surface area contributed by atoms with Crippen LogP contribution in [0.1, 0.15) is 0 Å². The van der Waals surface area contributed by atoms with Crippen molar-refractivity contribution in [2.45, 2.75) is 5.09 Å². The zero-order valence-electron chi connectivity index (χ0n) is 23.3. The number of rotatable bonds is 7. The number of fused-ring (bicyclic) bond motifs is 1. The Bertz CT molecular complexity index is 2140. The van der Waals surface area contributed by atoms with E-state index in [1.165, 1.54) is 21.6 Å². The van der Waals surface area contributed by atoms with Gasteiger partial charge in [-0.1, -0.05) is 127 Å². The molecule has 0 aliphatic rings. The van der Waals surface area contributed by atoms with E-state index in [0.29, 0.717) is 17.2 Å². The first-order chi connectivity index (χ1) is 21.0. The molecule has 0 aliphatic carbocycles. The van der Waals surface area contributed by atoms with Gasteiger partial charge in [-0.15, -0.1) is 0 Å². The first-order valence-electron chi connectivity index (χ1n) is 13.9. The van der Waals surface area contributed by atoms with Crippen LogP contribution in [-0.4, -0.2) is 24.0 Å². The molecule has 210 valence electrons. The van der Waals surface area contributed by atoms with Crippen molar-refractivity contribution in [2.75, 3.05) is 6.66 Å². The fourth-order valence-electron chi connectivity index (χ4n) is 5.51. The van der Waals surface area contributed by atoms with Crippen LogP contribution in [0.25, 0.3) is 44.7 Å². The predicted octanol–water partition coefficient (Wildman–Crippen LogP) is 7.93. The van der Waals surface area contributed by atoms with E-state index in [1.54, 1.807) is 6.07 Å². The van der Waals surface area contributed by atoms with Gasteiger partial charge in [0.15, 0.2) is 5.82 Å². The lowest BCUT2D eigenvalue weighted by molar-refractivity contribution is 0.447. The average Bonchev–Trinajstić information content (AvgIpc) is 3.75. The highest BCUT2D eigenvalue weighted by molar-refractivity contribution is 7.90. The van der Waals surface area contributed by atoms with Gasteiger partial charge in [0.2, 0.25) is 5.09 Å². The normalized spacial score (nSPS) is 12.4. The topological polar surface area (TPSA) is 65.1 Å². The molecule has 7 aromatic rings. The third kappa shape index (κ3) is 4.79. The highest BCUT2D eigenvalue weighted by Crippen LogP contribution is 2.43. The van der Waals surface area contributed by atoms with Crippen LogP contribution in [0.15, 0.2) is 155 Å². The molecule has 7 rings (SSSR count). The van der Waals surface area contributed by atoms with Gasteiger partial charge in [0, 0.05) is 16.7 Å². The van der Waals surface area contributed by atoms with E-state index in [0.717, 1.165) is 32.8 Å². The van der Waals surface area contributed by atoms with E-state index < -0.39 is 17.9 Å². The molecule has 7 heteroatoms. The van der Waals surface area contributed by atoms with Crippen LogP contribution >= 0.6 is 7.92 Å². The molecular formula is C36H27N2O3PS. The maximum atomic E-state index is 14.6. The third-order valence-electron chi connectivity index (χ3n) is 7.56. The fraction of sp³-hybridized carbons (Fsp3) is 0.0278. The van der Waals surface area contributed by atoms with E-state index in [2.05, 4.69) is 30.9 Å². The SMILES string of the molecule is CP(c1ccccc1)c1ccc2ccccc2c1-c1nc(-c2ccccc2)c(-c2ccccc2)n1S(=O)(=O)c1ccco1. The average molecular weight is 599 g/mol. The monoisotopic (exact) mass is 598 g/mol. The molecular weight excluding hydrogens is 571 g/mol. The van der Waals surface area contributed by atoms with Gasteiger partial charge < -0.3 is 4.42 Å². The molecule has 0 amide bonds. The second-order valence-electron chi connectivity index (χ2n) is 10.1. The molecule has 2 heterocycles. The molecule has 0 bridgehead atoms. The molecule has 2 aromatic heterocycles. The van der Waals surface area contributed by atoms with Gasteiger partial charge in [-0.05, 0) is 48.1 Å². The fourth-order valence-corrected chi connectivity index (χ4v) is 8.66. The molecule has 1 atom stereocenters. The zero-order chi connectivity index (χ0) is 29.4. The van der Waals surface area contributed by atoms with Crippen LogP contribution < -0.4 is 10.6 Å². The van der Waals surface area contributed by atoms with Gasteiger partial charge in [-0.25, -0.2) is 8.96 Å². The minimum atomic E-state index is -4.22.